The molecule has 0 radical (unpaired) electrons. The number of phenolic OH excluding ortho intramolecular Hbond substituents is 1. The van der Waals surface area contributed by atoms with Crippen LogP contribution in [0.5, 0.6) is 11.5 Å². The predicted molar refractivity (Wildman–Crippen MR) is 194 cm³/mol. The predicted octanol–water partition coefficient (Wildman–Crippen LogP) is 5.04. The van der Waals surface area contributed by atoms with Crippen molar-refractivity contribution in [1.29, 1.82) is 0 Å². The highest BCUT2D eigenvalue weighted by molar-refractivity contribution is 7.15. The Hall–Kier alpha value is -5.79. The monoisotopic (exact) mass is 705 g/mol. The van der Waals surface area contributed by atoms with Crippen LogP contribution in [0.1, 0.15) is 43.6 Å². The SMILES string of the molecule is COc1cc(CNC[C@H](O)c2ccc(O)c3[nH]c(=O)ccc23)ccc1C(=O)NCc1ccc(-c2cccc([C@](O)(C(=O)O)c3ccccc3)c2)s1. The van der Waals surface area contributed by atoms with Gasteiger partial charge < -0.3 is 40.8 Å². The van der Waals surface area contributed by atoms with Crippen LogP contribution in [0.25, 0.3) is 21.3 Å². The van der Waals surface area contributed by atoms with Crippen LogP contribution < -0.4 is 20.9 Å². The molecule has 0 fully saturated rings. The van der Waals surface area contributed by atoms with Crippen LogP contribution in [0.15, 0.2) is 114 Å². The molecule has 0 saturated heterocycles. The molecule has 260 valence electrons. The van der Waals surface area contributed by atoms with Crippen LogP contribution in [-0.2, 0) is 23.5 Å². The van der Waals surface area contributed by atoms with Crippen LogP contribution in [0.2, 0.25) is 0 Å². The second-order valence-corrected chi connectivity index (χ2v) is 13.0. The van der Waals surface area contributed by atoms with E-state index in [9.17, 15) is 34.8 Å². The van der Waals surface area contributed by atoms with Gasteiger partial charge in [0.15, 0.2) is 0 Å². The number of aliphatic hydroxyl groups is 2. The molecular formula is C39H35N3O8S. The fourth-order valence-electron chi connectivity index (χ4n) is 5.93. The van der Waals surface area contributed by atoms with Crippen molar-refractivity contribution in [3.63, 3.8) is 0 Å². The highest BCUT2D eigenvalue weighted by atomic mass is 32.1. The summed E-state index contributed by atoms with van der Waals surface area (Å²) in [5.41, 5.74) is 0.629. The van der Waals surface area contributed by atoms with Gasteiger partial charge in [0.2, 0.25) is 11.2 Å². The number of amides is 1. The van der Waals surface area contributed by atoms with Gasteiger partial charge in [-0.05, 0) is 64.7 Å². The average molecular weight is 706 g/mol. The number of pyridine rings is 1. The van der Waals surface area contributed by atoms with Crippen molar-refractivity contribution in [2.75, 3.05) is 13.7 Å². The Morgan fingerprint density at radius 1 is 0.902 bits per heavy atom. The number of nitrogens with one attached hydrogen (secondary N) is 3. The van der Waals surface area contributed by atoms with Gasteiger partial charge in [-0.25, -0.2) is 4.79 Å². The molecule has 0 aliphatic rings. The van der Waals surface area contributed by atoms with E-state index < -0.39 is 17.7 Å². The van der Waals surface area contributed by atoms with Crippen LogP contribution in [0, 0.1) is 0 Å². The largest absolute Gasteiger partial charge is 0.506 e. The number of aromatic hydroxyl groups is 1. The number of phenols is 1. The first-order chi connectivity index (χ1) is 24.6. The van der Waals surface area contributed by atoms with Crippen molar-refractivity contribution in [1.82, 2.24) is 15.6 Å². The molecule has 0 spiro atoms. The molecule has 6 rings (SSSR count). The molecule has 0 bridgehead atoms. The fraction of sp³-hybridized carbons (Fsp3) is 0.154. The number of carbonyl (C=O) groups is 2. The maximum atomic E-state index is 13.2. The van der Waals surface area contributed by atoms with Crippen LogP contribution in [-0.4, -0.2) is 50.9 Å². The first-order valence-electron chi connectivity index (χ1n) is 16.0. The third kappa shape index (κ3) is 7.39. The molecule has 0 aliphatic heterocycles. The number of rotatable bonds is 13. The molecule has 0 unspecified atom stereocenters. The standard InChI is InChI=1S/C39H35N3O8S/c1-50-33-18-23(20-40-22-32(44)28-13-15-31(43)36-29(28)14-17-35(45)42-36)10-12-30(33)37(46)41-21-27-11-16-34(51-27)24-6-5-9-26(19-24)39(49,38(47)48)25-7-3-2-4-8-25/h2-19,32,40,43-44,49H,20-22H2,1H3,(H,41,46)(H,42,45)(H,47,48)/t32-,39-/m0/s1. The Morgan fingerprint density at radius 3 is 2.45 bits per heavy atom. The first kappa shape index (κ1) is 35.1. The Kier molecular flexibility index (Phi) is 10.3. The van der Waals surface area contributed by atoms with Gasteiger partial charge in [0, 0.05) is 39.9 Å². The van der Waals surface area contributed by atoms with Crippen molar-refractivity contribution in [2.45, 2.75) is 24.8 Å². The molecule has 4 aromatic carbocycles. The summed E-state index contributed by atoms with van der Waals surface area (Å²) in [6.45, 7) is 0.803. The molecule has 0 aliphatic carbocycles. The number of hydrogen-bond acceptors (Lipinski definition) is 9. The van der Waals surface area contributed by atoms with E-state index in [-0.39, 0.29) is 46.9 Å². The molecule has 2 heterocycles. The van der Waals surface area contributed by atoms with Gasteiger partial charge in [-0.2, -0.15) is 0 Å². The third-order valence-corrected chi connectivity index (χ3v) is 9.73. The molecule has 7 N–H and O–H groups in total. The summed E-state index contributed by atoms with van der Waals surface area (Å²) in [5, 5.41) is 48.9. The van der Waals surface area contributed by atoms with Gasteiger partial charge in [0.05, 0.1) is 30.8 Å². The lowest BCUT2D eigenvalue weighted by Gasteiger charge is -2.25. The topological polar surface area (TPSA) is 181 Å². The highest BCUT2D eigenvalue weighted by Gasteiger charge is 2.40. The zero-order valence-electron chi connectivity index (χ0n) is 27.4. The van der Waals surface area contributed by atoms with Gasteiger partial charge >= 0.3 is 5.97 Å². The molecule has 51 heavy (non-hydrogen) atoms. The quantitative estimate of drug-likeness (QED) is 0.0866. The first-order valence-corrected chi connectivity index (χ1v) is 16.8. The number of ether oxygens (including phenoxy) is 1. The van der Waals surface area contributed by atoms with E-state index in [0.717, 1.165) is 20.9 Å². The molecular weight excluding hydrogens is 671 g/mol. The van der Waals surface area contributed by atoms with Crippen LogP contribution >= 0.6 is 11.3 Å². The van der Waals surface area contributed by atoms with E-state index in [2.05, 4.69) is 15.6 Å². The van der Waals surface area contributed by atoms with E-state index in [4.69, 9.17) is 4.74 Å². The van der Waals surface area contributed by atoms with Crippen molar-refractivity contribution in [2.24, 2.45) is 0 Å². The number of carboxylic acids is 1. The number of carboxylic acid groups (broad SMARTS) is 1. The van der Waals surface area contributed by atoms with Gasteiger partial charge in [0.1, 0.15) is 11.5 Å². The number of aromatic nitrogens is 1. The molecule has 1 amide bonds. The van der Waals surface area contributed by atoms with Crippen LogP contribution in [0.4, 0.5) is 0 Å². The number of aliphatic carboxylic acids is 1. The zero-order valence-corrected chi connectivity index (χ0v) is 28.2. The fourth-order valence-corrected chi connectivity index (χ4v) is 6.87. The summed E-state index contributed by atoms with van der Waals surface area (Å²) >= 11 is 1.44. The summed E-state index contributed by atoms with van der Waals surface area (Å²) in [5.74, 6) is -1.40. The normalized spacial score (nSPS) is 13.0. The van der Waals surface area contributed by atoms with Gasteiger partial charge in [-0.3, -0.25) is 9.59 Å². The van der Waals surface area contributed by atoms with Crippen molar-refractivity contribution >= 4 is 34.1 Å². The smallest absolute Gasteiger partial charge is 0.345 e. The summed E-state index contributed by atoms with van der Waals surface area (Å²) in [7, 11) is 1.48. The minimum atomic E-state index is -2.22. The minimum Gasteiger partial charge on any atom is -0.506 e. The second kappa shape index (κ2) is 15.0. The minimum absolute atomic E-state index is 0.0815. The Balaban J connectivity index is 1.08. The summed E-state index contributed by atoms with van der Waals surface area (Å²) < 4.78 is 5.52. The molecule has 6 aromatic rings. The number of thiophene rings is 1. The van der Waals surface area contributed by atoms with Crippen molar-refractivity contribution in [3.05, 3.63) is 152 Å². The number of aromatic amines is 1. The number of fused-ring (bicyclic) bond motifs is 1. The van der Waals surface area contributed by atoms with Crippen molar-refractivity contribution < 1.29 is 34.8 Å². The Bertz CT molecular complexity index is 2270. The van der Waals surface area contributed by atoms with Gasteiger partial charge in [-0.15, -0.1) is 11.3 Å². The number of methoxy groups -OCH3 is 1. The third-order valence-electron chi connectivity index (χ3n) is 8.59. The van der Waals surface area contributed by atoms with E-state index in [0.29, 0.717) is 28.8 Å². The number of hydrogen-bond donors (Lipinski definition) is 7. The maximum Gasteiger partial charge on any atom is 0.345 e. The lowest BCUT2D eigenvalue weighted by Crippen LogP contribution is -2.36. The van der Waals surface area contributed by atoms with E-state index in [1.165, 1.54) is 30.6 Å². The second-order valence-electron chi connectivity index (χ2n) is 11.9. The highest BCUT2D eigenvalue weighted by Crippen LogP contribution is 2.35. The Labute approximate surface area is 296 Å². The average Bonchev–Trinajstić information content (AvgIpc) is 3.63. The lowest BCUT2D eigenvalue weighted by atomic mass is 9.85. The number of benzene rings is 4. The molecule has 12 heteroatoms. The van der Waals surface area contributed by atoms with Crippen molar-refractivity contribution in [3.8, 4) is 21.9 Å². The number of H-pyrrole nitrogens is 1. The maximum absolute atomic E-state index is 13.2. The van der Waals surface area contributed by atoms with Crippen LogP contribution in [0.3, 0.4) is 0 Å². The molecule has 2 aromatic heterocycles. The molecule has 2 atom stereocenters. The van der Waals surface area contributed by atoms with E-state index in [1.807, 2.05) is 18.2 Å². The summed E-state index contributed by atoms with van der Waals surface area (Å²) in [4.78, 5) is 41.5. The van der Waals surface area contributed by atoms with E-state index in [1.54, 1.807) is 78.9 Å². The molecule has 0 saturated carbocycles. The van der Waals surface area contributed by atoms with E-state index >= 15 is 0 Å². The number of aliphatic hydroxyl groups excluding tert-OH is 1. The summed E-state index contributed by atoms with van der Waals surface area (Å²) in [6, 6.07) is 30.0. The van der Waals surface area contributed by atoms with Gasteiger partial charge in [0.25, 0.3) is 5.91 Å². The van der Waals surface area contributed by atoms with Gasteiger partial charge in [-0.1, -0.05) is 60.7 Å². The lowest BCUT2D eigenvalue weighted by molar-refractivity contribution is -0.155. The zero-order chi connectivity index (χ0) is 36.1. The Morgan fingerprint density at radius 2 is 1.69 bits per heavy atom. The molecule has 11 nitrogen and oxygen atoms in total. The summed E-state index contributed by atoms with van der Waals surface area (Å²) in [6.07, 6.45) is -0.921. The number of carbonyl (C=O) groups excluding carboxylic acids is 1.